The number of esters is 1. The predicted molar refractivity (Wildman–Crippen MR) is 84.1 cm³/mol. The van der Waals surface area contributed by atoms with Crippen LogP contribution in [-0.4, -0.2) is 33.3 Å². The van der Waals surface area contributed by atoms with Gasteiger partial charge < -0.3 is 4.74 Å². The SMILES string of the molecule is Cc1cc(C)c(N(CC(=O)OC(C)C)S(C)(=O)=O)c(C)c1. The van der Waals surface area contributed by atoms with Gasteiger partial charge in [-0.2, -0.15) is 0 Å². The van der Waals surface area contributed by atoms with Crippen LogP contribution in [0.15, 0.2) is 12.1 Å². The van der Waals surface area contributed by atoms with Crippen LogP contribution in [0.5, 0.6) is 0 Å². The van der Waals surface area contributed by atoms with Gasteiger partial charge in [0.25, 0.3) is 0 Å². The van der Waals surface area contributed by atoms with Crippen LogP contribution in [0.1, 0.15) is 30.5 Å². The molecule has 0 saturated carbocycles. The van der Waals surface area contributed by atoms with Crippen molar-refractivity contribution in [3.05, 3.63) is 28.8 Å². The molecule has 0 unspecified atom stereocenters. The molecule has 0 fully saturated rings. The van der Waals surface area contributed by atoms with Gasteiger partial charge in [0.05, 0.1) is 18.0 Å². The highest BCUT2D eigenvalue weighted by atomic mass is 32.2. The molecule has 0 bridgehead atoms. The second kappa shape index (κ2) is 6.47. The highest BCUT2D eigenvalue weighted by molar-refractivity contribution is 7.92. The molecule has 0 aliphatic heterocycles. The van der Waals surface area contributed by atoms with Gasteiger partial charge in [0, 0.05) is 0 Å². The smallest absolute Gasteiger partial charge is 0.327 e. The molecule has 0 atom stereocenters. The van der Waals surface area contributed by atoms with E-state index in [-0.39, 0.29) is 12.6 Å². The second-order valence-electron chi connectivity index (χ2n) is 5.56. The molecule has 0 radical (unpaired) electrons. The Labute approximate surface area is 127 Å². The number of ether oxygens (including phenoxy) is 1. The number of carbonyl (C=O) groups excluding carboxylic acids is 1. The fourth-order valence-corrected chi connectivity index (χ4v) is 3.30. The van der Waals surface area contributed by atoms with E-state index in [1.807, 2.05) is 32.9 Å². The van der Waals surface area contributed by atoms with E-state index in [1.54, 1.807) is 13.8 Å². The molecule has 1 aromatic rings. The van der Waals surface area contributed by atoms with Gasteiger partial charge in [-0.3, -0.25) is 9.10 Å². The number of rotatable bonds is 5. The summed E-state index contributed by atoms with van der Waals surface area (Å²) in [5.41, 5.74) is 3.22. The van der Waals surface area contributed by atoms with E-state index < -0.39 is 16.0 Å². The van der Waals surface area contributed by atoms with E-state index in [4.69, 9.17) is 4.74 Å². The minimum Gasteiger partial charge on any atom is -0.462 e. The van der Waals surface area contributed by atoms with E-state index in [0.717, 1.165) is 27.3 Å². The predicted octanol–water partition coefficient (Wildman–Crippen LogP) is 2.33. The van der Waals surface area contributed by atoms with Crippen molar-refractivity contribution in [1.29, 1.82) is 0 Å². The number of carbonyl (C=O) groups is 1. The number of hydrogen-bond acceptors (Lipinski definition) is 4. The summed E-state index contributed by atoms with van der Waals surface area (Å²) in [5, 5.41) is 0. The summed E-state index contributed by atoms with van der Waals surface area (Å²) in [4.78, 5) is 11.8. The van der Waals surface area contributed by atoms with Gasteiger partial charge in [-0.15, -0.1) is 0 Å². The van der Waals surface area contributed by atoms with Gasteiger partial charge in [0.15, 0.2) is 0 Å². The largest absolute Gasteiger partial charge is 0.462 e. The van der Waals surface area contributed by atoms with Gasteiger partial charge in [-0.25, -0.2) is 8.42 Å². The first kappa shape index (κ1) is 17.5. The maximum absolute atomic E-state index is 12.1. The van der Waals surface area contributed by atoms with Crippen LogP contribution in [0.25, 0.3) is 0 Å². The molecule has 5 nitrogen and oxygen atoms in total. The summed E-state index contributed by atoms with van der Waals surface area (Å²) in [5.74, 6) is -0.560. The molecule has 0 heterocycles. The number of nitrogens with zero attached hydrogens (tertiary/aromatic N) is 1. The Balaban J connectivity index is 3.26. The topological polar surface area (TPSA) is 63.7 Å². The van der Waals surface area contributed by atoms with Gasteiger partial charge >= 0.3 is 5.97 Å². The lowest BCUT2D eigenvalue weighted by Gasteiger charge is -2.25. The molecule has 1 aromatic carbocycles. The number of benzene rings is 1. The van der Waals surface area contributed by atoms with Crippen molar-refractivity contribution in [2.45, 2.75) is 40.7 Å². The minimum atomic E-state index is -3.57. The minimum absolute atomic E-state index is 0.279. The van der Waals surface area contributed by atoms with Crippen LogP contribution in [0.2, 0.25) is 0 Å². The molecule has 0 aliphatic rings. The average molecular weight is 313 g/mol. The number of hydrogen-bond donors (Lipinski definition) is 0. The lowest BCUT2D eigenvalue weighted by molar-refractivity contribution is -0.145. The van der Waals surface area contributed by atoms with Crippen LogP contribution in [0.4, 0.5) is 5.69 Å². The summed E-state index contributed by atoms with van der Waals surface area (Å²) >= 11 is 0. The lowest BCUT2D eigenvalue weighted by atomic mass is 10.1. The zero-order valence-electron chi connectivity index (χ0n) is 13.4. The molecular formula is C15H23NO4S. The molecule has 1 rings (SSSR count). The fourth-order valence-electron chi connectivity index (χ4n) is 2.35. The maximum Gasteiger partial charge on any atom is 0.327 e. The zero-order chi connectivity index (χ0) is 16.4. The van der Waals surface area contributed by atoms with E-state index in [9.17, 15) is 13.2 Å². The highest BCUT2D eigenvalue weighted by Gasteiger charge is 2.25. The van der Waals surface area contributed by atoms with Crippen molar-refractivity contribution in [1.82, 2.24) is 0 Å². The fraction of sp³-hybridized carbons (Fsp3) is 0.533. The monoisotopic (exact) mass is 313 g/mol. The zero-order valence-corrected chi connectivity index (χ0v) is 14.2. The molecule has 0 spiro atoms. The van der Waals surface area contributed by atoms with Crippen molar-refractivity contribution < 1.29 is 17.9 Å². The van der Waals surface area contributed by atoms with E-state index in [0.29, 0.717) is 5.69 Å². The Morgan fingerprint density at radius 1 is 1.19 bits per heavy atom. The summed E-state index contributed by atoms with van der Waals surface area (Å²) in [6, 6.07) is 3.79. The Hall–Kier alpha value is -1.56. The van der Waals surface area contributed by atoms with Crippen molar-refractivity contribution in [3.8, 4) is 0 Å². The molecule has 0 N–H and O–H groups in total. The molecule has 21 heavy (non-hydrogen) atoms. The van der Waals surface area contributed by atoms with E-state index in [1.165, 1.54) is 0 Å². The quantitative estimate of drug-likeness (QED) is 0.783. The number of sulfonamides is 1. The molecule has 0 saturated heterocycles. The molecule has 118 valence electrons. The normalized spacial score (nSPS) is 11.6. The van der Waals surface area contributed by atoms with Gasteiger partial charge in [0.2, 0.25) is 10.0 Å². The van der Waals surface area contributed by atoms with Gasteiger partial charge in [0.1, 0.15) is 6.54 Å². The molecule has 6 heteroatoms. The molecule has 0 aromatic heterocycles. The first-order chi connectivity index (χ1) is 9.52. The summed E-state index contributed by atoms with van der Waals surface area (Å²) in [6.07, 6.45) is 0.813. The van der Waals surface area contributed by atoms with Crippen LogP contribution in [0.3, 0.4) is 0 Å². The third kappa shape index (κ3) is 4.74. The first-order valence-electron chi connectivity index (χ1n) is 6.77. The van der Waals surface area contributed by atoms with Crippen LogP contribution in [0, 0.1) is 20.8 Å². The van der Waals surface area contributed by atoms with E-state index in [2.05, 4.69) is 0 Å². The third-order valence-corrected chi connectivity index (χ3v) is 4.04. The van der Waals surface area contributed by atoms with Crippen molar-refractivity contribution >= 4 is 21.7 Å². The summed E-state index contributed by atoms with van der Waals surface area (Å²) in [7, 11) is -3.57. The molecule has 0 amide bonds. The highest BCUT2D eigenvalue weighted by Crippen LogP contribution is 2.28. The van der Waals surface area contributed by atoms with Gasteiger partial charge in [-0.05, 0) is 45.7 Å². The average Bonchev–Trinajstić information content (AvgIpc) is 2.23. The Morgan fingerprint density at radius 3 is 2.05 bits per heavy atom. The van der Waals surface area contributed by atoms with Crippen molar-refractivity contribution in [2.75, 3.05) is 17.1 Å². The Bertz CT molecular complexity index is 612. The summed E-state index contributed by atoms with van der Waals surface area (Å²) < 4.78 is 30.3. The Morgan fingerprint density at radius 2 is 1.67 bits per heavy atom. The first-order valence-corrected chi connectivity index (χ1v) is 8.62. The van der Waals surface area contributed by atoms with Gasteiger partial charge in [-0.1, -0.05) is 17.7 Å². The standard InChI is InChI=1S/C15H23NO4S/c1-10(2)20-14(17)9-16(21(6,18)19)15-12(4)7-11(3)8-13(15)5/h7-8,10H,9H2,1-6H3. The number of aryl methyl sites for hydroxylation is 3. The van der Waals surface area contributed by atoms with E-state index >= 15 is 0 Å². The van der Waals surface area contributed by atoms with Crippen LogP contribution in [-0.2, 0) is 19.6 Å². The molecular weight excluding hydrogens is 290 g/mol. The summed E-state index contributed by atoms with van der Waals surface area (Å²) in [6.45, 7) is 8.75. The molecule has 0 aliphatic carbocycles. The third-order valence-electron chi connectivity index (χ3n) is 2.92. The second-order valence-corrected chi connectivity index (χ2v) is 7.46. The lowest BCUT2D eigenvalue weighted by Crippen LogP contribution is -2.37. The van der Waals surface area contributed by atoms with Crippen molar-refractivity contribution in [2.24, 2.45) is 0 Å². The van der Waals surface area contributed by atoms with Crippen LogP contribution < -0.4 is 4.31 Å². The number of anilines is 1. The maximum atomic E-state index is 12.1. The Kier molecular flexibility index (Phi) is 5.39. The van der Waals surface area contributed by atoms with Crippen LogP contribution >= 0.6 is 0 Å². The van der Waals surface area contributed by atoms with Crippen molar-refractivity contribution in [3.63, 3.8) is 0 Å².